The number of imidazole rings is 1. The van der Waals surface area contributed by atoms with Crippen molar-refractivity contribution in [2.75, 3.05) is 7.11 Å². The summed E-state index contributed by atoms with van der Waals surface area (Å²) in [6.07, 6.45) is 2.54. The fourth-order valence-corrected chi connectivity index (χ4v) is 3.27. The number of hydrogen-bond donors (Lipinski definition) is 0. The fraction of sp³-hybridized carbons (Fsp3) is 0.105. The maximum atomic E-state index is 14.7. The number of ether oxygens (including phenoxy) is 1. The van der Waals surface area contributed by atoms with Crippen molar-refractivity contribution in [3.8, 4) is 22.7 Å². The molecule has 0 radical (unpaired) electrons. The van der Waals surface area contributed by atoms with Gasteiger partial charge in [0.1, 0.15) is 41.4 Å². The molecule has 9 heteroatoms. The molecule has 0 saturated carbocycles. The largest absolute Gasteiger partial charge is 0.497 e. The molecule has 2 heterocycles. The third kappa shape index (κ3) is 2.86. The first-order valence-electron chi connectivity index (χ1n) is 8.08. The molecule has 5 nitrogen and oxygen atoms in total. The van der Waals surface area contributed by atoms with E-state index in [1.807, 2.05) is 0 Å². The Morgan fingerprint density at radius 2 is 1.64 bits per heavy atom. The van der Waals surface area contributed by atoms with E-state index in [-0.39, 0.29) is 38.8 Å². The van der Waals surface area contributed by atoms with Crippen molar-refractivity contribution in [2.24, 2.45) is 0 Å². The van der Waals surface area contributed by atoms with Gasteiger partial charge in [-0.1, -0.05) is 11.6 Å². The van der Waals surface area contributed by atoms with Gasteiger partial charge in [-0.25, -0.2) is 28.1 Å². The van der Waals surface area contributed by atoms with Crippen molar-refractivity contribution in [3.05, 3.63) is 65.1 Å². The highest BCUT2D eigenvalue weighted by Crippen LogP contribution is 2.36. The Kier molecular flexibility index (Phi) is 4.43. The highest BCUT2D eigenvalue weighted by atomic mass is 35.5. The summed E-state index contributed by atoms with van der Waals surface area (Å²) in [5, 5.41) is 0.182. The van der Waals surface area contributed by atoms with Crippen molar-refractivity contribution < 1.29 is 17.9 Å². The van der Waals surface area contributed by atoms with Crippen LogP contribution in [0.15, 0.2) is 36.9 Å². The number of benzene rings is 2. The molecular formula is C19H12ClF3N4O. The van der Waals surface area contributed by atoms with Crippen molar-refractivity contribution in [1.29, 1.82) is 0 Å². The van der Waals surface area contributed by atoms with Crippen LogP contribution in [0.1, 0.15) is 5.69 Å². The van der Waals surface area contributed by atoms with Crippen LogP contribution < -0.4 is 4.74 Å². The monoisotopic (exact) mass is 404 g/mol. The summed E-state index contributed by atoms with van der Waals surface area (Å²) in [4.78, 5) is 12.3. The fourth-order valence-electron chi connectivity index (χ4n) is 3.07. The molecule has 4 aromatic rings. The van der Waals surface area contributed by atoms with Crippen LogP contribution in [-0.4, -0.2) is 26.6 Å². The van der Waals surface area contributed by atoms with E-state index in [9.17, 15) is 13.2 Å². The normalized spacial score (nSPS) is 11.2. The molecule has 0 bridgehead atoms. The van der Waals surface area contributed by atoms with Gasteiger partial charge >= 0.3 is 0 Å². The predicted octanol–water partition coefficient (Wildman–Crippen LogP) is 4.87. The highest BCUT2D eigenvalue weighted by molar-refractivity contribution is 6.31. The molecular weight excluding hydrogens is 393 g/mol. The zero-order chi connectivity index (χ0) is 20.0. The van der Waals surface area contributed by atoms with Gasteiger partial charge in [0.2, 0.25) is 0 Å². The standard InChI is InChI=1S/C19H12ClF3N4O/c1-9-16(17-12(21)5-11(28-2)6-13(17)22)19(25-7-24-9)27-8-26-15-4-10(20)3-14(23)18(15)27/h3-8H,1-2H3. The molecule has 2 aromatic carbocycles. The molecule has 0 aliphatic rings. The van der Waals surface area contributed by atoms with E-state index >= 15 is 0 Å². The highest BCUT2D eigenvalue weighted by Gasteiger charge is 2.23. The number of rotatable bonds is 3. The Hall–Kier alpha value is -3.13. The summed E-state index contributed by atoms with van der Waals surface area (Å²) in [7, 11) is 1.31. The van der Waals surface area contributed by atoms with Crippen LogP contribution in [0, 0.1) is 24.4 Å². The summed E-state index contributed by atoms with van der Waals surface area (Å²) in [6, 6.07) is 4.73. The molecule has 142 valence electrons. The van der Waals surface area contributed by atoms with E-state index in [4.69, 9.17) is 16.3 Å². The third-order valence-corrected chi connectivity index (χ3v) is 4.53. The van der Waals surface area contributed by atoms with Crippen molar-refractivity contribution in [1.82, 2.24) is 19.5 Å². The Bertz CT molecular complexity index is 1200. The van der Waals surface area contributed by atoms with Gasteiger partial charge in [0.15, 0.2) is 5.82 Å². The lowest BCUT2D eigenvalue weighted by Gasteiger charge is -2.15. The number of hydrogen-bond acceptors (Lipinski definition) is 4. The van der Waals surface area contributed by atoms with Gasteiger partial charge in [-0.2, -0.15) is 0 Å². The van der Waals surface area contributed by atoms with E-state index < -0.39 is 17.5 Å². The van der Waals surface area contributed by atoms with E-state index in [2.05, 4.69) is 15.0 Å². The number of fused-ring (bicyclic) bond motifs is 1. The minimum absolute atomic E-state index is 0.0311. The van der Waals surface area contributed by atoms with Crippen LogP contribution in [0.2, 0.25) is 5.02 Å². The average Bonchev–Trinajstić information content (AvgIpc) is 3.06. The van der Waals surface area contributed by atoms with Crippen LogP contribution in [0.5, 0.6) is 5.75 Å². The number of aryl methyl sites for hydroxylation is 1. The molecule has 0 spiro atoms. The van der Waals surface area contributed by atoms with Gasteiger partial charge in [-0.3, -0.25) is 4.57 Å². The third-order valence-electron chi connectivity index (χ3n) is 4.31. The molecule has 0 atom stereocenters. The first kappa shape index (κ1) is 18.2. The molecule has 0 fully saturated rings. The van der Waals surface area contributed by atoms with Gasteiger partial charge in [0, 0.05) is 17.2 Å². The van der Waals surface area contributed by atoms with E-state index in [0.717, 1.165) is 18.2 Å². The second-order valence-corrected chi connectivity index (χ2v) is 6.43. The Morgan fingerprint density at radius 1 is 0.929 bits per heavy atom. The van der Waals surface area contributed by atoms with Crippen molar-refractivity contribution >= 4 is 22.6 Å². The second-order valence-electron chi connectivity index (χ2n) is 5.99. The smallest absolute Gasteiger partial charge is 0.150 e. The quantitative estimate of drug-likeness (QED) is 0.489. The minimum atomic E-state index is -0.857. The Morgan fingerprint density at radius 3 is 2.32 bits per heavy atom. The van der Waals surface area contributed by atoms with Gasteiger partial charge in [-0.15, -0.1) is 0 Å². The molecule has 0 saturated heterocycles. The summed E-state index contributed by atoms with van der Waals surface area (Å²) < 4.78 is 50.3. The van der Waals surface area contributed by atoms with Gasteiger partial charge in [-0.05, 0) is 19.1 Å². The van der Waals surface area contributed by atoms with Crippen LogP contribution in [0.25, 0.3) is 28.0 Å². The second kappa shape index (κ2) is 6.79. The molecule has 28 heavy (non-hydrogen) atoms. The van der Waals surface area contributed by atoms with Gasteiger partial charge in [0.25, 0.3) is 0 Å². The van der Waals surface area contributed by atoms with E-state index in [1.54, 1.807) is 6.92 Å². The zero-order valence-corrected chi connectivity index (χ0v) is 15.4. The average molecular weight is 405 g/mol. The van der Waals surface area contributed by atoms with Crippen molar-refractivity contribution in [3.63, 3.8) is 0 Å². The van der Waals surface area contributed by atoms with E-state index in [1.165, 1.54) is 30.4 Å². The summed E-state index contributed by atoms with van der Waals surface area (Å²) in [6.45, 7) is 1.58. The van der Waals surface area contributed by atoms with Crippen LogP contribution >= 0.6 is 11.6 Å². The topological polar surface area (TPSA) is 52.8 Å². The van der Waals surface area contributed by atoms with Crippen molar-refractivity contribution in [2.45, 2.75) is 6.92 Å². The molecule has 0 amide bonds. The summed E-state index contributed by atoms with van der Waals surface area (Å²) in [5.41, 5.74) is 0.407. The number of halogens is 4. The Labute approximate surface area is 162 Å². The lowest BCUT2D eigenvalue weighted by molar-refractivity contribution is 0.407. The lowest BCUT2D eigenvalue weighted by atomic mass is 10.0. The molecule has 0 N–H and O–H groups in total. The molecule has 4 rings (SSSR count). The lowest BCUT2D eigenvalue weighted by Crippen LogP contribution is -2.06. The first-order chi connectivity index (χ1) is 13.4. The van der Waals surface area contributed by atoms with Gasteiger partial charge in [0.05, 0.1) is 29.4 Å². The first-order valence-corrected chi connectivity index (χ1v) is 8.46. The zero-order valence-electron chi connectivity index (χ0n) is 14.7. The maximum absolute atomic E-state index is 14.7. The molecule has 0 aliphatic carbocycles. The van der Waals surface area contributed by atoms with Gasteiger partial charge < -0.3 is 4.74 Å². The van der Waals surface area contributed by atoms with Crippen LogP contribution in [0.4, 0.5) is 13.2 Å². The summed E-state index contributed by atoms with van der Waals surface area (Å²) in [5.74, 6) is -2.24. The Balaban J connectivity index is 2.05. The maximum Gasteiger partial charge on any atom is 0.150 e. The molecule has 0 aliphatic heterocycles. The van der Waals surface area contributed by atoms with E-state index in [0.29, 0.717) is 5.69 Å². The molecule has 0 unspecified atom stereocenters. The molecule has 2 aromatic heterocycles. The SMILES string of the molecule is COc1cc(F)c(-c2c(C)ncnc2-n2cnc3cc(Cl)cc(F)c32)c(F)c1. The number of nitrogens with zero attached hydrogens (tertiary/aromatic N) is 4. The minimum Gasteiger partial charge on any atom is -0.497 e. The van der Waals surface area contributed by atoms with Crippen LogP contribution in [0.3, 0.4) is 0 Å². The predicted molar refractivity (Wildman–Crippen MR) is 98.3 cm³/mol. The number of methoxy groups -OCH3 is 1. The van der Waals surface area contributed by atoms with Crippen LogP contribution in [-0.2, 0) is 0 Å². The number of aromatic nitrogens is 4. The summed E-state index contributed by atoms with van der Waals surface area (Å²) >= 11 is 5.88.